The van der Waals surface area contributed by atoms with Crippen LogP contribution in [-0.4, -0.2) is 33.8 Å². The summed E-state index contributed by atoms with van der Waals surface area (Å²) in [4.78, 5) is 37.1. The molecule has 0 aliphatic rings. The second-order valence-corrected chi connectivity index (χ2v) is 6.94. The van der Waals surface area contributed by atoms with Crippen molar-refractivity contribution in [3.8, 4) is 5.75 Å². The van der Waals surface area contributed by atoms with Crippen molar-refractivity contribution in [3.63, 3.8) is 0 Å². The van der Waals surface area contributed by atoms with Crippen LogP contribution < -0.4 is 11.3 Å². The zero-order chi connectivity index (χ0) is 16.4. The Labute approximate surface area is 133 Å². The molecule has 1 amide bonds. The topological polar surface area (TPSA) is 122 Å². The fraction of sp³-hybridized carbons (Fsp3) is 0.308. The number of carbonyl (C=O) groups is 2. The van der Waals surface area contributed by atoms with Crippen LogP contribution in [0.25, 0.3) is 10.2 Å². The molecule has 0 spiro atoms. The number of aromatic amines is 1. The van der Waals surface area contributed by atoms with E-state index in [1.807, 2.05) is 0 Å². The molecule has 0 fully saturated rings. The molecule has 118 valence electrons. The maximum atomic E-state index is 11.6. The summed E-state index contributed by atoms with van der Waals surface area (Å²) in [5.41, 5.74) is 5.08. The number of amides is 1. The number of esters is 1. The number of ether oxygens (including phenoxy) is 1. The van der Waals surface area contributed by atoms with Crippen molar-refractivity contribution < 1.29 is 19.4 Å². The molecule has 4 N–H and O–H groups in total. The number of thiophene rings is 1. The van der Waals surface area contributed by atoms with Crippen molar-refractivity contribution >= 4 is 45.2 Å². The van der Waals surface area contributed by atoms with E-state index in [-0.39, 0.29) is 28.7 Å². The van der Waals surface area contributed by atoms with Crippen molar-refractivity contribution in [3.05, 3.63) is 22.0 Å². The van der Waals surface area contributed by atoms with Crippen LogP contribution in [0.2, 0.25) is 0 Å². The highest BCUT2D eigenvalue weighted by molar-refractivity contribution is 8.02. The first-order chi connectivity index (χ1) is 10.3. The number of pyridine rings is 1. The lowest BCUT2D eigenvalue weighted by atomic mass is 10.2. The summed E-state index contributed by atoms with van der Waals surface area (Å²) in [6.45, 7) is 3.47. The highest BCUT2D eigenvalue weighted by atomic mass is 32.2. The summed E-state index contributed by atoms with van der Waals surface area (Å²) in [6, 6.07) is 1.02. The summed E-state index contributed by atoms with van der Waals surface area (Å²) < 4.78 is 5.80. The van der Waals surface area contributed by atoms with Crippen LogP contribution in [0, 0.1) is 0 Å². The fourth-order valence-corrected chi connectivity index (χ4v) is 4.04. The third-order valence-electron chi connectivity index (χ3n) is 2.56. The third-order valence-corrected chi connectivity index (χ3v) is 5.02. The van der Waals surface area contributed by atoms with Crippen LogP contribution in [0.3, 0.4) is 0 Å². The van der Waals surface area contributed by atoms with Crippen LogP contribution in [-0.2, 0) is 9.53 Å². The van der Waals surface area contributed by atoms with Gasteiger partial charge in [-0.3, -0.25) is 14.4 Å². The summed E-state index contributed by atoms with van der Waals surface area (Å²) in [7, 11) is 0. The molecule has 0 unspecified atom stereocenters. The van der Waals surface area contributed by atoms with E-state index in [1.54, 1.807) is 13.8 Å². The Morgan fingerprint density at radius 1 is 1.50 bits per heavy atom. The van der Waals surface area contributed by atoms with Crippen LogP contribution in [0.15, 0.2) is 15.1 Å². The first-order valence-corrected chi connectivity index (χ1v) is 8.10. The smallest absolute Gasteiger partial charge is 0.316 e. The predicted molar refractivity (Wildman–Crippen MR) is 84.6 cm³/mol. The van der Waals surface area contributed by atoms with Gasteiger partial charge < -0.3 is 20.6 Å². The fourth-order valence-electron chi connectivity index (χ4n) is 1.81. The largest absolute Gasteiger partial charge is 0.506 e. The summed E-state index contributed by atoms with van der Waals surface area (Å²) in [6.07, 6.45) is -0.230. The molecule has 7 nitrogen and oxygen atoms in total. The van der Waals surface area contributed by atoms with Gasteiger partial charge in [-0.1, -0.05) is 0 Å². The summed E-state index contributed by atoms with van der Waals surface area (Å²) in [5.74, 6) is -1.41. The lowest BCUT2D eigenvalue weighted by Gasteiger charge is -2.07. The number of thioether (sulfide) groups is 1. The Kier molecular flexibility index (Phi) is 4.77. The SMILES string of the molecule is CC(C)OC(=O)CSc1sc2c(O)cc(=O)[nH]c2c1C(N)=O. The number of primary amides is 1. The predicted octanol–water partition coefficient (Wildman–Crippen LogP) is 1.44. The highest BCUT2D eigenvalue weighted by Gasteiger charge is 2.21. The van der Waals surface area contributed by atoms with E-state index in [4.69, 9.17) is 10.5 Å². The van der Waals surface area contributed by atoms with Crippen LogP contribution in [0.1, 0.15) is 24.2 Å². The standard InChI is InChI=1S/C13H14N2O5S2/c1-5(2)20-8(18)4-21-13-9(12(14)19)10-11(22-13)6(16)3-7(17)15-10/h3,5H,4H2,1-2H3,(H2,14,19)(H2,15,16,17). The Morgan fingerprint density at radius 3 is 2.77 bits per heavy atom. The van der Waals surface area contributed by atoms with Crippen LogP contribution in [0.4, 0.5) is 0 Å². The van der Waals surface area contributed by atoms with E-state index in [9.17, 15) is 19.5 Å². The van der Waals surface area contributed by atoms with Crippen molar-refractivity contribution in [2.24, 2.45) is 5.73 Å². The number of hydrogen-bond donors (Lipinski definition) is 3. The monoisotopic (exact) mass is 342 g/mol. The van der Waals surface area contributed by atoms with Crippen molar-refractivity contribution in [2.45, 2.75) is 24.2 Å². The molecule has 2 rings (SSSR count). The average molecular weight is 342 g/mol. The van der Waals surface area contributed by atoms with Crippen LogP contribution in [0.5, 0.6) is 5.75 Å². The van der Waals surface area contributed by atoms with E-state index >= 15 is 0 Å². The molecule has 0 bridgehead atoms. The molecule has 2 aromatic heterocycles. The molecule has 9 heteroatoms. The molecule has 0 aromatic carbocycles. The van der Waals surface area contributed by atoms with Gasteiger partial charge in [0.15, 0.2) is 0 Å². The molecule has 2 aromatic rings. The lowest BCUT2D eigenvalue weighted by Crippen LogP contribution is -2.15. The molecule has 0 saturated heterocycles. The number of aromatic hydroxyl groups is 1. The Balaban J connectivity index is 2.39. The maximum Gasteiger partial charge on any atom is 0.316 e. The molecule has 22 heavy (non-hydrogen) atoms. The number of H-pyrrole nitrogens is 1. The molecular formula is C13H14N2O5S2. The number of hydrogen-bond acceptors (Lipinski definition) is 7. The zero-order valence-corrected chi connectivity index (χ0v) is 13.5. The minimum atomic E-state index is -0.743. The first-order valence-electron chi connectivity index (χ1n) is 6.30. The molecule has 0 aliphatic heterocycles. The van der Waals surface area contributed by atoms with Gasteiger partial charge in [0, 0.05) is 6.07 Å². The summed E-state index contributed by atoms with van der Waals surface area (Å²) >= 11 is 2.16. The normalized spacial score (nSPS) is 11.0. The Hall–Kier alpha value is -2.00. The van der Waals surface area contributed by atoms with Crippen LogP contribution >= 0.6 is 23.1 Å². The number of nitrogens with one attached hydrogen (secondary N) is 1. The van der Waals surface area contributed by atoms with Crippen molar-refractivity contribution in [2.75, 3.05) is 5.75 Å². The van der Waals surface area contributed by atoms with Gasteiger partial charge in [0.05, 0.1) is 31.8 Å². The second kappa shape index (κ2) is 6.41. The minimum absolute atomic E-state index is 0.00369. The van der Waals surface area contributed by atoms with Crippen molar-refractivity contribution in [1.29, 1.82) is 0 Å². The Morgan fingerprint density at radius 2 is 2.18 bits per heavy atom. The van der Waals surface area contributed by atoms with E-state index < -0.39 is 17.4 Å². The van der Waals surface area contributed by atoms with E-state index in [0.717, 1.165) is 29.2 Å². The Bertz CT molecular complexity index is 794. The van der Waals surface area contributed by atoms with E-state index in [1.165, 1.54) is 0 Å². The van der Waals surface area contributed by atoms with Crippen molar-refractivity contribution in [1.82, 2.24) is 4.98 Å². The maximum absolute atomic E-state index is 11.6. The molecule has 0 radical (unpaired) electrons. The molecule has 2 heterocycles. The quantitative estimate of drug-likeness (QED) is 0.558. The van der Waals surface area contributed by atoms with Gasteiger partial charge in [0.2, 0.25) is 0 Å². The lowest BCUT2D eigenvalue weighted by molar-refractivity contribution is -0.144. The van der Waals surface area contributed by atoms with Gasteiger partial charge in [-0.25, -0.2) is 0 Å². The molecule has 0 aliphatic carbocycles. The van der Waals surface area contributed by atoms with Gasteiger partial charge in [-0.05, 0) is 13.8 Å². The number of carbonyl (C=O) groups excluding carboxylic acids is 2. The van der Waals surface area contributed by atoms with E-state index in [2.05, 4.69) is 4.98 Å². The van der Waals surface area contributed by atoms with Gasteiger partial charge in [-0.2, -0.15) is 0 Å². The average Bonchev–Trinajstić information content (AvgIpc) is 2.74. The molecule has 0 saturated carbocycles. The third kappa shape index (κ3) is 3.42. The number of nitrogens with two attached hydrogens (primary N) is 1. The minimum Gasteiger partial charge on any atom is -0.506 e. The van der Waals surface area contributed by atoms with Gasteiger partial charge in [0.1, 0.15) is 5.75 Å². The van der Waals surface area contributed by atoms with Gasteiger partial charge in [0.25, 0.3) is 11.5 Å². The molecular weight excluding hydrogens is 328 g/mol. The summed E-state index contributed by atoms with van der Waals surface area (Å²) in [5, 5.41) is 9.81. The first kappa shape index (κ1) is 16.4. The number of rotatable bonds is 5. The van der Waals surface area contributed by atoms with Gasteiger partial charge >= 0.3 is 5.97 Å². The second-order valence-electron chi connectivity index (χ2n) is 4.68. The number of fused-ring (bicyclic) bond motifs is 1. The number of aromatic nitrogens is 1. The highest BCUT2D eigenvalue weighted by Crippen LogP contribution is 2.40. The zero-order valence-electron chi connectivity index (χ0n) is 11.8. The molecule has 0 atom stereocenters. The van der Waals surface area contributed by atoms with E-state index in [0.29, 0.717) is 8.91 Å². The van der Waals surface area contributed by atoms with Gasteiger partial charge in [-0.15, -0.1) is 23.1 Å².